The highest BCUT2D eigenvalue weighted by atomic mass is 16.3. The normalized spacial score (nSPS) is 24.9. The van der Waals surface area contributed by atoms with E-state index in [9.17, 15) is 9.90 Å². The van der Waals surface area contributed by atoms with Gasteiger partial charge in [-0.1, -0.05) is 6.42 Å². The van der Waals surface area contributed by atoms with Crippen molar-refractivity contribution in [1.29, 1.82) is 0 Å². The van der Waals surface area contributed by atoms with Crippen molar-refractivity contribution in [3.63, 3.8) is 0 Å². The zero-order chi connectivity index (χ0) is 11.5. The van der Waals surface area contributed by atoms with Crippen molar-refractivity contribution in [2.24, 2.45) is 5.92 Å². The van der Waals surface area contributed by atoms with Crippen LogP contribution in [0.25, 0.3) is 0 Å². The third-order valence-electron chi connectivity index (χ3n) is 3.51. The SMILES string of the molecule is Cc1ccn(CCC2CCCC2O)c(=O)c1. The van der Waals surface area contributed by atoms with Gasteiger partial charge in [-0.3, -0.25) is 4.79 Å². The van der Waals surface area contributed by atoms with Gasteiger partial charge in [0, 0.05) is 18.8 Å². The summed E-state index contributed by atoms with van der Waals surface area (Å²) < 4.78 is 1.73. The van der Waals surface area contributed by atoms with Crippen molar-refractivity contribution in [3.8, 4) is 0 Å². The number of rotatable bonds is 3. The lowest BCUT2D eigenvalue weighted by Crippen LogP contribution is -2.22. The molecule has 0 radical (unpaired) electrons. The first-order valence-electron chi connectivity index (χ1n) is 6.02. The predicted molar refractivity (Wildman–Crippen MR) is 63.4 cm³/mol. The van der Waals surface area contributed by atoms with Crippen molar-refractivity contribution in [2.45, 2.75) is 45.3 Å². The van der Waals surface area contributed by atoms with E-state index in [-0.39, 0.29) is 11.7 Å². The molecule has 1 N–H and O–H groups in total. The van der Waals surface area contributed by atoms with E-state index >= 15 is 0 Å². The Kier molecular flexibility index (Phi) is 3.44. The van der Waals surface area contributed by atoms with Crippen LogP contribution >= 0.6 is 0 Å². The predicted octanol–water partition coefficient (Wildman–Crippen LogP) is 1.71. The van der Waals surface area contributed by atoms with Gasteiger partial charge in [0.2, 0.25) is 0 Å². The monoisotopic (exact) mass is 221 g/mol. The molecule has 0 aromatic carbocycles. The molecule has 0 saturated heterocycles. The molecule has 2 atom stereocenters. The Labute approximate surface area is 95.7 Å². The molecule has 16 heavy (non-hydrogen) atoms. The van der Waals surface area contributed by atoms with E-state index in [4.69, 9.17) is 0 Å². The van der Waals surface area contributed by atoms with E-state index in [1.165, 1.54) is 0 Å². The summed E-state index contributed by atoms with van der Waals surface area (Å²) in [5, 5.41) is 9.69. The van der Waals surface area contributed by atoms with E-state index in [1.54, 1.807) is 10.6 Å². The highest BCUT2D eigenvalue weighted by Crippen LogP contribution is 2.28. The average Bonchev–Trinajstić information content (AvgIpc) is 2.63. The number of hydrogen-bond acceptors (Lipinski definition) is 2. The molecule has 2 unspecified atom stereocenters. The summed E-state index contributed by atoms with van der Waals surface area (Å²) in [6.45, 7) is 2.65. The van der Waals surface area contributed by atoms with Crippen LogP contribution in [0, 0.1) is 12.8 Å². The van der Waals surface area contributed by atoms with Crippen molar-refractivity contribution in [2.75, 3.05) is 0 Å². The third-order valence-corrected chi connectivity index (χ3v) is 3.51. The fraction of sp³-hybridized carbons (Fsp3) is 0.615. The summed E-state index contributed by atoms with van der Waals surface area (Å²) in [5.41, 5.74) is 1.06. The summed E-state index contributed by atoms with van der Waals surface area (Å²) in [4.78, 5) is 11.6. The van der Waals surface area contributed by atoms with E-state index in [2.05, 4.69) is 0 Å². The Morgan fingerprint density at radius 1 is 1.50 bits per heavy atom. The molecular formula is C13H19NO2. The van der Waals surface area contributed by atoms with Crippen molar-refractivity contribution < 1.29 is 5.11 Å². The van der Waals surface area contributed by atoms with Gasteiger partial charge >= 0.3 is 0 Å². The molecule has 0 amide bonds. The Morgan fingerprint density at radius 3 is 2.94 bits per heavy atom. The zero-order valence-corrected chi connectivity index (χ0v) is 9.72. The van der Waals surface area contributed by atoms with Crippen molar-refractivity contribution in [3.05, 3.63) is 34.2 Å². The maximum Gasteiger partial charge on any atom is 0.250 e. The van der Waals surface area contributed by atoms with Crippen LogP contribution in [0.15, 0.2) is 23.1 Å². The van der Waals surface area contributed by atoms with Gasteiger partial charge in [-0.2, -0.15) is 0 Å². The molecule has 1 aromatic heterocycles. The minimum atomic E-state index is -0.152. The largest absolute Gasteiger partial charge is 0.393 e. The fourth-order valence-corrected chi connectivity index (χ4v) is 2.45. The van der Waals surface area contributed by atoms with Gasteiger partial charge in [-0.25, -0.2) is 0 Å². The standard InChI is InChI=1S/C13H19NO2/c1-10-5-7-14(13(16)9-10)8-6-11-3-2-4-12(11)15/h5,7,9,11-12,15H,2-4,6,8H2,1H3. The molecule has 1 fully saturated rings. The van der Waals surface area contributed by atoms with E-state index < -0.39 is 0 Å². The summed E-state index contributed by atoms with van der Waals surface area (Å²) in [5.74, 6) is 0.383. The number of aryl methyl sites for hydroxylation is 2. The van der Waals surface area contributed by atoms with Crippen LogP contribution in [0.5, 0.6) is 0 Å². The highest BCUT2D eigenvalue weighted by molar-refractivity contribution is 5.07. The first-order valence-corrected chi connectivity index (χ1v) is 6.02. The number of pyridine rings is 1. The quantitative estimate of drug-likeness (QED) is 0.844. The second-order valence-corrected chi connectivity index (χ2v) is 4.78. The van der Waals surface area contributed by atoms with Crippen molar-refractivity contribution in [1.82, 2.24) is 4.57 Å². The van der Waals surface area contributed by atoms with Gasteiger partial charge in [-0.05, 0) is 43.7 Å². The molecule has 1 heterocycles. The Balaban J connectivity index is 1.97. The zero-order valence-electron chi connectivity index (χ0n) is 9.72. The molecule has 0 bridgehead atoms. The van der Waals surface area contributed by atoms with Crippen LogP contribution in [0.4, 0.5) is 0 Å². The van der Waals surface area contributed by atoms with Gasteiger partial charge in [0.15, 0.2) is 0 Å². The van der Waals surface area contributed by atoms with Crippen molar-refractivity contribution >= 4 is 0 Å². The molecule has 1 aliphatic carbocycles. The summed E-state index contributed by atoms with van der Waals surface area (Å²) in [7, 11) is 0. The molecule has 0 spiro atoms. The lowest BCUT2D eigenvalue weighted by Gasteiger charge is -2.14. The molecule has 1 aromatic rings. The van der Waals surface area contributed by atoms with Crippen LogP contribution in [0.1, 0.15) is 31.2 Å². The molecule has 3 heteroatoms. The van der Waals surface area contributed by atoms with Crippen LogP contribution in [0.3, 0.4) is 0 Å². The van der Waals surface area contributed by atoms with Gasteiger partial charge in [0.1, 0.15) is 0 Å². The fourth-order valence-electron chi connectivity index (χ4n) is 2.45. The van der Waals surface area contributed by atoms with Crippen LogP contribution < -0.4 is 5.56 Å². The number of aliphatic hydroxyl groups is 1. The van der Waals surface area contributed by atoms with Gasteiger partial charge in [0.25, 0.3) is 5.56 Å². The Hall–Kier alpha value is -1.09. The number of hydrogen-bond donors (Lipinski definition) is 1. The molecule has 2 rings (SSSR count). The van der Waals surface area contributed by atoms with Gasteiger partial charge in [0.05, 0.1) is 6.10 Å². The Morgan fingerprint density at radius 2 is 2.31 bits per heavy atom. The summed E-state index contributed by atoms with van der Waals surface area (Å²) >= 11 is 0. The minimum Gasteiger partial charge on any atom is -0.393 e. The topological polar surface area (TPSA) is 42.2 Å². The number of aromatic nitrogens is 1. The summed E-state index contributed by atoms with van der Waals surface area (Å²) in [6.07, 6.45) is 5.74. The van der Waals surface area contributed by atoms with Gasteiger partial charge in [-0.15, -0.1) is 0 Å². The second-order valence-electron chi connectivity index (χ2n) is 4.78. The third kappa shape index (κ3) is 2.53. The lowest BCUT2D eigenvalue weighted by molar-refractivity contribution is 0.125. The molecule has 1 saturated carbocycles. The highest BCUT2D eigenvalue weighted by Gasteiger charge is 2.24. The number of nitrogens with zero attached hydrogens (tertiary/aromatic N) is 1. The van der Waals surface area contributed by atoms with E-state index in [0.717, 1.165) is 37.8 Å². The summed E-state index contributed by atoms with van der Waals surface area (Å²) in [6, 6.07) is 3.61. The molecule has 1 aliphatic rings. The number of aliphatic hydroxyl groups excluding tert-OH is 1. The van der Waals surface area contributed by atoms with Crippen LogP contribution in [-0.4, -0.2) is 15.8 Å². The average molecular weight is 221 g/mol. The maximum absolute atomic E-state index is 11.6. The van der Waals surface area contributed by atoms with Gasteiger partial charge < -0.3 is 9.67 Å². The van der Waals surface area contributed by atoms with Crippen LogP contribution in [-0.2, 0) is 6.54 Å². The van der Waals surface area contributed by atoms with Crippen LogP contribution in [0.2, 0.25) is 0 Å². The first-order chi connectivity index (χ1) is 7.66. The molecular weight excluding hydrogens is 202 g/mol. The maximum atomic E-state index is 11.6. The Bertz CT molecular complexity index is 411. The molecule has 3 nitrogen and oxygen atoms in total. The first kappa shape index (κ1) is 11.4. The lowest BCUT2D eigenvalue weighted by atomic mass is 10.0. The van der Waals surface area contributed by atoms with E-state index in [1.807, 2.05) is 19.2 Å². The molecule has 0 aliphatic heterocycles. The molecule has 88 valence electrons. The second kappa shape index (κ2) is 4.83. The smallest absolute Gasteiger partial charge is 0.250 e. The minimum absolute atomic E-state index is 0.0625. The van der Waals surface area contributed by atoms with E-state index in [0.29, 0.717) is 5.92 Å².